The molecule has 0 fully saturated rings. The number of imidazole rings is 1. The Bertz CT molecular complexity index is 560. The maximum atomic E-state index is 6.06. The van der Waals surface area contributed by atoms with Gasteiger partial charge in [-0.25, -0.2) is 4.98 Å². The van der Waals surface area contributed by atoms with Crippen molar-refractivity contribution in [1.29, 1.82) is 0 Å². The second-order valence-electron chi connectivity index (χ2n) is 5.19. The maximum Gasteiger partial charge on any atom is 0.125 e. The van der Waals surface area contributed by atoms with Crippen LogP contribution in [0.2, 0.25) is 0 Å². The van der Waals surface area contributed by atoms with Crippen LogP contribution in [0.15, 0.2) is 18.2 Å². The fraction of sp³-hybridized carbons (Fsp3) is 0.500. The topological polar surface area (TPSA) is 17.8 Å². The minimum atomic E-state index is 0.0561. The number of fused-ring (bicyclic) bond motifs is 1. The number of alkyl halides is 1. The van der Waals surface area contributed by atoms with Crippen molar-refractivity contribution in [3.8, 4) is 0 Å². The van der Waals surface area contributed by atoms with Gasteiger partial charge in [0, 0.05) is 9.11 Å². The van der Waals surface area contributed by atoms with Crippen LogP contribution in [-0.2, 0) is 11.4 Å². The molecule has 0 aliphatic carbocycles. The largest absolute Gasteiger partial charge is 0.321 e. The second-order valence-corrected chi connectivity index (χ2v) is 6.71. The average Bonchev–Trinajstić information content (AvgIpc) is 2.66. The van der Waals surface area contributed by atoms with Gasteiger partial charge in [-0.15, -0.1) is 11.6 Å². The summed E-state index contributed by atoms with van der Waals surface area (Å²) in [6.07, 6.45) is 2.27. The van der Waals surface area contributed by atoms with Crippen LogP contribution >= 0.6 is 34.2 Å². The lowest BCUT2D eigenvalue weighted by Crippen LogP contribution is -2.27. The minimum absolute atomic E-state index is 0.0561. The lowest BCUT2D eigenvalue weighted by Gasteiger charge is -2.29. The molecule has 4 heteroatoms. The Labute approximate surface area is 127 Å². The zero-order valence-electron chi connectivity index (χ0n) is 11.0. The third-order valence-corrected chi connectivity index (χ3v) is 4.18. The summed E-state index contributed by atoms with van der Waals surface area (Å²) in [5.74, 6) is 1.42. The van der Waals surface area contributed by atoms with Gasteiger partial charge in [0.15, 0.2) is 0 Å². The van der Waals surface area contributed by atoms with Crippen LogP contribution in [0.25, 0.3) is 11.0 Å². The summed E-state index contributed by atoms with van der Waals surface area (Å²) in [4.78, 5) is 4.67. The van der Waals surface area contributed by atoms with E-state index >= 15 is 0 Å². The first-order chi connectivity index (χ1) is 8.49. The highest BCUT2D eigenvalue weighted by Crippen LogP contribution is 2.30. The molecule has 1 aromatic heterocycles. The van der Waals surface area contributed by atoms with E-state index < -0.39 is 0 Å². The van der Waals surface area contributed by atoms with Gasteiger partial charge in [0.1, 0.15) is 5.82 Å². The summed E-state index contributed by atoms with van der Waals surface area (Å²) >= 11 is 8.38. The van der Waals surface area contributed by atoms with Crippen LogP contribution in [0.4, 0.5) is 0 Å². The van der Waals surface area contributed by atoms with Crippen LogP contribution in [0.1, 0.15) is 39.4 Å². The van der Waals surface area contributed by atoms with Crippen LogP contribution in [0.3, 0.4) is 0 Å². The van der Waals surface area contributed by atoms with E-state index in [2.05, 4.69) is 71.1 Å². The van der Waals surface area contributed by atoms with E-state index in [1.807, 2.05) is 0 Å². The van der Waals surface area contributed by atoms with E-state index in [4.69, 9.17) is 11.6 Å². The molecule has 2 rings (SSSR count). The highest BCUT2D eigenvalue weighted by molar-refractivity contribution is 14.1. The zero-order valence-corrected chi connectivity index (χ0v) is 13.9. The summed E-state index contributed by atoms with van der Waals surface area (Å²) < 4.78 is 3.51. The standard InChI is InChI=1S/C14H18ClIN2/c1-4-7-14(2,3)18-12-6-5-10(16)8-11(12)17-13(18)9-15/h5-6,8H,4,7,9H2,1-3H3. The first-order valence-electron chi connectivity index (χ1n) is 6.23. The monoisotopic (exact) mass is 376 g/mol. The van der Waals surface area contributed by atoms with Gasteiger partial charge in [0.2, 0.25) is 0 Å². The molecule has 0 saturated heterocycles. The number of hydrogen-bond acceptors (Lipinski definition) is 1. The fourth-order valence-corrected chi connectivity index (χ4v) is 3.25. The van der Waals surface area contributed by atoms with Gasteiger partial charge in [-0.1, -0.05) is 13.3 Å². The molecular weight excluding hydrogens is 359 g/mol. The molecule has 18 heavy (non-hydrogen) atoms. The molecule has 0 aliphatic rings. The second kappa shape index (κ2) is 5.37. The zero-order chi connectivity index (χ0) is 13.3. The van der Waals surface area contributed by atoms with E-state index in [1.165, 1.54) is 9.09 Å². The van der Waals surface area contributed by atoms with Crippen LogP contribution in [0.5, 0.6) is 0 Å². The number of aromatic nitrogens is 2. The molecule has 0 bridgehead atoms. The third-order valence-electron chi connectivity index (χ3n) is 3.27. The fourth-order valence-electron chi connectivity index (χ4n) is 2.59. The van der Waals surface area contributed by atoms with Crippen molar-refractivity contribution in [3.05, 3.63) is 27.6 Å². The van der Waals surface area contributed by atoms with E-state index in [0.29, 0.717) is 5.88 Å². The maximum absolute atomic E-state index is 6.06. The minimum Gasteiger partial charge on any atom is -0.321 e. The molecule has 0 saturated carbocycles. The smallest absolute Gasteiger partial charge is 0.125 e. The molecular formula is C14H18ClIN2. The predicted molar refractivity (Wildman–Crippen MR) is 86.2 cm³/mol. The molecule has 1 heterocycles. The highest BCUT2D eigenvalue weighted by atomic mass is 127. The van der Waals surface area contributed by atoms with Crippen molar-refractivity contribution in [2.45, 2.75) is 45.0 Å². The molecule has 0 radical (unpaired) electrons. The molecule has 2 aromatic rings. The molecule has 0 N–H and O–H groups in total. The third kappa shape index (κ3) is 2.52. The first kappa shape index (κ1) is 14.1. The average molecular weight is 377 g/mol. The van der Waals surface area contributed by atoms with E-state index in [9.17, 15) is 0 Å². The molecule has 0 atom stereocenters. The van der Waals surface area contributed by atoms with Crippen molar-refractivity contribution >= 4 is 45.2 Å². The van der Waals surface area contributed by atoms with Gasteiger partial charge in [-0.3, -0.25) is 0 Å². The Morgan fingerprint density at radius 3 is 2.72 bits per heavy atom. The molecule has 0 spiro atoms. The number of halogens is 2. The molecule has 98 valence electrons. The van der Waals surface area contributed by atoms with Gasteiger partial charge in [-0.05, 0) is 61.1 Å². The van der Waals surface area contributed by atoms with Crippen molar-refractivity contribution in [2.24, 2.45) is 0 Å². The number of nitrogens with zero attached hydrogens (tertiary/aromatic N) is 2. The van der Waals surface area contributed by atoms with E-state index in [-0.39, 0.29) is 5.54 Å². The predicted octanol–water partition coefficient (Wildman–Crippen LogP) is 4.91. The summed E-state index contributed by atoms with van der Waals surface area (Å²) in [6.45, 7) is 6.72. The highest BCUT2D eigenvalue weighted by Gasteiger charge is 2.24. The molecule has 0 aliphatic heterocycles. The number of hydrogen-bond donors (Lipinski definition) is 0. The van der Waals surface area contributed by atoms with Gasteiger partial charge in [0.25, 0.3) is 0 Å². The summed E-state index contributed by atoms with van der Waals surface area (Å²) in [5.41, 5.74) is 2.28. The van der Waals surface area contributed by atoms with Gasteiger partial charge < -0.3 is 4.57 Å². The van der Waals surface area contributed by atoms with Crippen molar-refractivity contribution in [3.63, 3.8) is 0 Å². The normalized spacial score (nSPS) is 12.3. The van der Waals surface area contributed by atoms with Crippen LogP contribution in [0, 0.1) is 3.57 Å². The lowest BCUT2D eigenvalue weighted by molar-refractivity contribution is 0.326. The summed E-state index contributed by atoms with van der Waals surface area (Å²) in [6, 6.07) is 6.39. The van der Waals surface area contributed by atoms with Crippen molar-refractivity contribution in [2.75, 3.05) is 0 Å². The number of benzene rings is 1. The Hall–Kier alpha value is -0.290. The lowest BCUT2D eigenvalue weighted by atomic mass is 9.98. The molecule has 2 nitrogen and oxygen atoms in total. The van der Waals surface area contributed by atoms with Crippen molar-refractivity contribution < 1.29 is 0 Å². The van der Waals surface area contributed by atoms with E-state index in [1.54, 1.807) is 0 Å². The van der Waals surface area contributed by atoms with Gasteiger partial charge >= 0.3 is 0 Å². The molecule has 0 amide bonds. The Morgan fingerprint density at radius 2 is 2.11 bits per heavy atom. The SMILES string of the molecule is CCCC(C)(C)n1c(CCl)nc2cc(I)ccc21. The molecule has 0 unspecified atom stereocenters. The Balaban J connectivity index is 2.67. The quantitative estimate of drug-likeness (QED) is 0.547. The Kier molecular flexibility index (Phi) is 4.22. The van der Waals surface area contributed by atoms with E-state index in [0.717, 1.165) is 24.2 Å². The van der Waals surface area contributed by atoms with Crippen molar-refractivity contribution in [1.82, 2.24) is 9.55 Å². The first-order valence-corrected chi connectivity index (χ1v) is 7.84. The van der Waals surface area contributed by atoms with Gasteiger partial charge in [-0.2, -0.15) is 0 Å². The summed E-state index contributed by atoms with van der Waals surface area (Å²) in [5, 5.41) is 0. The Morgan fingerprint density at radius 1 is 1.39 bits per heavy atom. The van der Waals surface area contributed by atoms with Crippen LogP contribution < -0.4 is 0 Å². The van der Waals surface area contributed by atoms with Gasteiger partial charge in [0.05, 0.1) is 16.9 Å². The van der Waals surface area contributed by atoms with Crippen LogP contribution in [-0.4, -0.2) is 9.55 Å². The number of rotatable bonds is 4. The summed E-state index contributed by atoms with van der Waals surface area (Å²) in [7, 11) is 0. The molecule has 1 aromatic carbocycles.